The van der Waals surface area contributed by atoms with E-state index in [0.717, 1.165) is 11.1 Å². The topological polar surface area (TPSA) is 81.3 Å². The van der Waals surface area contributed by atoms with E-state index in [9.17, 15) is 9.36 Å². The highest BCUT2D eigenvalue weighted by molar-refractivity contribution is 7.62. The van der Waals surface area contributed by atoms with Gasteiger partial charge in [0, 0.05) is 25.3 Å². The smallest absolute Gasteiger partial charge is 0.308 e. The molecule has 0 aliphatic heterocycles. The van der Waals surface area contributed by atoms with Gasteiger partial charge in [-0.1, -0.05) is 60.2 Å². The molecule has 0 saturated carbocycles. The second kappa shape index (κ2) is 7.38. The second-order valence-corrected chi connectivity index (χ2v) is 7.88. The van der Waals surface area contributed by atoms with E-state index in [2.05, 4.69) is 9.97 Å². The average Bonchev–Trinajstić information content (AvgIpc) is 2.68. The zero-order valence-electron chi connectivity index (χ0n) is 14.7. The van der Waals surface area contributed by atoms with E-state index >= 15 is 0 Å². The highest BCUT2D eigenvalue weighted by Gasteiger charge is 2.33. The van der Waals surface area contributed by atoms with Crippen molar-refractivity contribution in [3.05, 3.63) is 70.5 Å². The summed E-state index contributed by atoms with van der Waals surface area (Å²) in [6, 6.07) is 16.7. The Morgan fingerprint density at radius 3 is 2.12 bits per heavy atom. The summed E-state index contributed by atoms with van der Waals surface area (Å²) < 4.78 is 23.1. The third-order valence-corrected chi connectivity index (χ3v) is 5.95. The van der Waals surface area contributed by atoms with Crippen LogP contribution in [0.2, 0.25) is 0 Å². The molecule has 0 bridgehead atoms. The van der Waals surface area contributed by atoms with Gasteiger partial charge in [0.1, 0.15) is 5.82 Å². The summed E-state index contributed by atoms with van der Waals surface area (Å²) in [4.78, 5) is 20.1. The third-order valence-electron chi connectivity index (χ3n) is 4.02. The number of hydrogen-bond donors (Lipinski definition) is 1. The Hall–Kier alpha value is -2.53. The first-order valence-electron chi connectivity index (χ1n) is 7.97. The first-order valence-corrected chi connectivity index (χ1v) is 9.51. The molecule has 6 nitrogen and oxygen atoms in total. The molecule has 3 aromatic rings. The van der Waals surface area contributed by atoms with Crippen LogP contribution < -0.4 is 10.9 Å². The lowest BCUT2D eigenvalue weighted by Crippen LogP contribution is -2.32. The monoisotopic (exact) mass is 370 g/mol. The predicted molar refractivity (Wildman–Crippen MR) is 102 cm³/mol. The molecule has 0 spiro atoms. The largest absolute Gasteiger partial charge is 0.368 e. The molecule has 26 heavy (non-hydrogen) atoms. The fraction of sp³-hybridized carbons (Fsp3) is 0.158. The molecule has 0 saturated heterocycles. The number of H-pyrrole nitrogens is 1. The van der Waals surface area contributed by atoms with Gasteiger partial charge in [-0.15, -0.1) is 0 Å². The minimum Gasteiger partial charge on any atom is -0.308 e. The van der Waals surface area contributed by atoms with Crippen LogP contribution in [0.4, 0.5) is 0 Å². The van der Waals surface area contributed by atoms with E-state index in [-0.39, 0.29) is 11.0 Å². The Bertz CT molecular complexity index is 1010. The highest BCUT2D eigenvalue weighted by Crippen LogP contribution is 2.46. The molecule has 0 atom stereocenters. The molecule has 1 aromatic heterocycles. The third kappa shape index (κ3) is 3.40. The standard InChI is InChI=1S/C19H19N2O4P/c1-13-9-11-14(12-10-13)16-17(26(23,24-2)25-3)19(22)21-18(20-16)15-7-5-4-6-8-15/h4-12H,1-3H3,(H,20,21,22). The molecule has 0 unspecified atom stereocenters. The van der Waals surface area contributed by atoms with Crippen LogP contribution >= 0.6 is 7.60 Å². The predicted octanol–water partition coefficient (Wildman–Crippen LogP) is 3.52. The van der Waals surface area contributed by atoms with Crippen molar-refractivity contribution in [2.45, 2.75) is 6.92 Å². The van der Waals surface area contributed by atoms with Crippen molar-refractivity contribution < 1.29 is 13.6 Å². The number of rotatable bonds is 5. The molecule has 0 radical (unpaired) electrons. The quantitative estimate of drug-likeness (QED) is 0.695. The van der Waals surface area contributed by atoms with Crippen molar-refractivity contribution >= 4 is 12.9 Å². The number of aromatic amines is 1. The molecular formula is C19H19N2O4P. The minimum atomic E-state index is -3.80. The van der Waals surface area contributed by atoms with Crippen LogP contribution in [0.3, 0.4) is 0 Å². The van der Waals surface area contributed by atoms with Crippen molar-refractivity contribution in [1.29, 1.82) is 0 Å². The average molecular weight is 370 g/mol. The Morgan fingerprint density at radius 1 is 0.923 bits per heavy atom. The lowest BCUT2D eigenvalue weighted by atomic mass is 10.1. The number of aryl methyl sites for hydroxylation is 1. The van der Waals surface area contributed by atoms with Crippen molar-refractivity contribution in [2.75, 3.05) is 14.2 Å². The first-order chi connectivity index (χ1) is 12.5. The minimum absolute atomic E-state index is 0.106. The second-order valence-electron chi connectivity index (χ2n) is 5.71. The van der Waals surface area contributed by atoms with Crippen LogP contribution in [0.15, 0.2) is 59.4 Å². The van der Waals surface area contributed by atoms with E-state index in [0.29, 0.717) is 11.4 Å². The van der Waals surface area contributed by atoms with Crippen LogP contribution in [-0.4, -0.2) is 24.2 Å². The van der Waals surface area contributed by atoms with Gasteiger partial charge < -0.3 is 14.0 Å². The maximum atomic E-state index is 13.0. The summed E-state index contributed by atoms with van der Waals surface area (Å²) in [5.41, 5.74) is 2.18. The van der Waals surface area contributed by atoms with Gasteiger partial charge in [-0.2, -0.15) is 0 Å². The Kier molecular flexibility index (Phi) is 5.18. The number of nitrogens with one attached hydrogen (secondary N) is 1. The molecule has 0 fully saturated rings. The SMILES string of the molecule is COP(=O)(OC)c1c(-c2ccc(C)cc2)nc(-c2ccccc2)[nH]c1=O. The van der Waals surface area contributed by atoms with E-state index in [1.54, 1.807) is 0 Å². The van der Waals surface area contributed by atoms with Gasteiger partial charge in [0.15, 0.2) is 5.30 Å². The van der Waals surface area contributed by atoms with Crippen LogP contribution in [0, 0.1) is 6.92 Å². The van der Waals surface area contributed by atoms with Crippen molar-refractivity contribution in [1.82, 2.24) is 9.97 Å². The lowest BCUT2D eigenvalue weighted by molar-refractivity contribution is 0.287. The number of aromatic nitrogens is 2. The van der Waals surface area contributed by atoms with Gasteiger partial charge in [0.25, 0.3) is 5.56 Å². The van der Waals surface area contributed by atoms with Crippen molar-refractivity contribution in [3.8, 4) is 22.6 Å². The number of benzene rings is 2. The summed E-state index contributed by atoms with van der Waals surface area (Å²) >= 11 is 0. The molecule has 7 heteroatoms. The number of nitrogens with zero attached hydrogens (tertiary/aromatic N) is 1. The van der Waals surface area contributed by atoms with Crippen molar-refractivity contribution in [3.63, 3.8) is 0 Å². The summed E-state index contributed by atoms with van der Waals surface area (Å²) in [7, 11) is -1.32. The molecule has 0 aliphatic rings. The molecule has 1 heterocycles. The van der Waals surface area contributed by atoms with Crippen molar-refractivity contribution in [2.24, 2.45) is 0 Å². The van der Waals surface area contributed by atoms with Crippen LogP contribution in [0.25, 0.3) is 22.6 Å². The fourth-order valence-electron chi connectivity index (χ4n) is 2.62. The molecular weight excluding hydrogens is 351 g/mol. The van der Waals surface area contributed by atoms with E-state index < -0.39 is 13.2 Å². The zero-order chi connectivity index (χ0) is 18.7. The summed E-state index contributed by atoms with van der Waals surface area (Å²) in [6.45, 7) is 1.96. The molecule has 1 N–H and O–H groups in total. The van der Waals surface area contributed by atoms with Crippen LogP contribution in [0.1, 0.15) is 5.56 Å². The molecule has 2 aromatic carbocycles. The Balaban J connectivity index is 2.33. The van der Waals surface area contributed by atoms with Gasteiger partial charge in [0.05, 0.1) is 5.69 Å². The number of hydrogen-bond acceptors (Lipinski definition) is 5. The van der Waals surface area contributed by atoms with Gasteiger partial charge in [0.2, 0.25) is 0 Å². The summed E-state index contributed by atoms with van der Waals surface area (Å²) in [5.74, 6) is 0.383. The normalized spacial score (nSPS) is 11.5. The van der Waals surface area contributed by atoms with Gasteiger partial charge in [-0.05, 0) is 6.92 Å². The van der Waals surface area contributed by atoms with Crippen LogP contribution in [-0.2, 0) is 13.6 Å². The Morgan fingerprint density at radius 2 is 1.54 bits per heavy atom. The molecule has 0 amide bonds. The van der Waals surface area contributed by atoms with E-state index in [1.807, 2.05) is 61.5 Å². The molecule has 3 rings (SSSR count). The maximum Gasteiger partial charge on any atom is 0.368 e. The zero-order valence-corrected chi connectivity index (χ0v) is 15.6. The van der Waals surface area contributed by atoms with Gasteiger partial charge >= 0.3 is 7.60 Å². The van der Waals surface area contributed by atoms with Gasteiger partial charge in [-0.3, -0.25) is 9.36 Å². The summed E-state index contributed by atoms with van der Waals surface area (Å²) in [5, 5.41) is -0.106. The Labute approximate surface area is 151 Å². The maximum absolute atomic E-state index is 13.0. The highest BCUT2D eigenvalue weighted by atomic mass is 31.2. The first kappa shape index (κ1) is 18.3. The molecule has 0 aliphatic carbocycles. The molecule has 134 valence electrons. The summed E-state index contributed by atoms with van der Waals surface area (Å²) in [6.07, 6.45) is 0. The van der Waals surface area contributed by atoms with E-state index in [1.165, 1.54) is 14.2 Å². The lowest BCUT2D eigenvalue weighted by Gasteiger charge is -2.17. The van der Waals surface area contributed by atoms with E-state index in [4.69, 9.17) is 9.05 Å². The fourth-order valence-corrected chi connectivity index (χ4v) is 3.88. The van der Waals surface area contributed by atoms with Crippen LogP contribution in [0.5, 0.6) is 0 Å². The van der Waals surface area contributed by atoms with Gasteiger partial charge in [-0.25, -0.2) is 4.98 Å².